The molecule has 0 aliphatic carbocycles. The van der Waals surface area contributed by atoms with Gasteiger partial charge in [-0.3, -0.25) is 4.79 Å². The average Bonchev–Trinajstić information content (AvgIpc) is 2.32. The van der Waals surface area contributed by atoms with Gasteiger partial charge in [0.2, 0.25) is 0 Å². The van der Waals surface area contributed by atoms with Gasteiger partial charge in [-0.05, 0) is 38.1 Å². The SMILES string of the molecule is CC(Oc1ccc(F)cc1Cl)C(=O)NCCCN. The Bertz CT molecular complexity index is 415. The molecule has 1 amide bonds. The third-order valence-corrected chi connectivity index (χ3v) is 2.54. The third-order valence-electron chi connectivity index (χ3n) is 2.25. The fraction of sp³-hybridized carbons (Fsp3) is 0.417. The van der Waals surface area contributed by atoms with E-state index in [1.807, 2.05) is 0 Å². The van der Waals surface area contributed by atoms with Gasteiger partial charge in [0, 0.05) is 6.54 Å². The van der Waals surface area contributed by atoms with Gasteiger partial charge in [-0.15, -0.1) is 0 Å². The Balaban J connectivity index is 2.53. The summed E-state index contributed by atoms with van der Waals surface area (Å²) in [6, 6.07) is 3.75. The van der Waals surface area contributed by atoms with Crippen LogP contribution in [-0.4, -0.2) is 25.1 Å². The van der Waals surface area contributed by atoms with Crippen LogP contribution in [0.4, 0.5) is 4.39 Å². The van der Waals surface area contributed by atoms with E-state index in [2.05, 4.69) is 5.32 Å². The molecule has 0 fully saturated rings. The zero-order valence-corrected chi connectivity index (χ0v) is 10.8. The first-order chi connectivity index (χ1) is 8.54. The van der Waals surface area contributed by atoms with Crippen molar-refractivity contribution >= 4 is 17.5 Å². The third kappa shape index (κ3) is 4.50. The summed E-state index contributed by atoms with van der Waals surface area (Å²) in [5.74, 6) is -0.434. The zero-order valence-electron chi connectivity index (χ0n) is 10.1. The number of halogens is 2. The molecule has 3 N–H and O–H groups in total. The first kappa shape index (κ1) is 14.7. The molecule has 1 aromatic rings. The second-order valence-electron chi connectivity index (χ2n) is 3.77. The molecule has 100 valence electrons. The molecule has 0 aliphatic rings. The van der Waals surface area contributed by atoms with Crippen LogP contribution in [0, 0.1) is 5.82 Å². The van der Waals surface area contributed by atoms with Gasteiger partial charge in [0.05, 0.1) is 5.02 Å². The van der Waals surface area contributed by atoms with Crippen molar-refractivity contribution in [2.75, 3.05) is 13.1 Å². The van der Waals surface area contributed by atoms with Gasteiger partial charge in [0.25, 0.3) is 5.91 Å². The zero-order chi connectivity index (χ0) is 13.5. The average molecular weight is 275 g/mol. The van der Waals surface area contributed by atoms with Crippen LogP contribution in [0.1, 0.15) is 13.3 Å². The molecule has 0 heterocycles. The number of hydrogen-bond donors (Lipinski definition) is 2. The predicted octanol–water partition coefficient (Wildman–Crippen LogP) is 1.71. The van der Waals surface area contributed by atoms with E-state index in [0.717, 1.165) is 6.07 Å². The largest absolute Gasteiger partial charge is 0.479 e. The van der Waals surface area contributed by atoms with Crippen molar-refractivity contribution in [1.29, 1.82) is 0 Å². The van der Waals surface area contributed by atoms with Crippen molar-refractivity contribution in [3.05, 3.63) is 29.0 Å². The van der Waals surface area contributed by atoms with E-state index in [1.165, 1.54) is 12.1 Å². The summed E-state index contributed by atoms with van der Waals surface area (Å²) in [7, 11) is 0. The molecule has 1 rings (SSSR count). The lowest BCUT2D eigenvalue weighted by Gasteiger charge is -2.15. The summed E-state index contributed by atoms with van der Waals surface area (Å²) in [5, 5.41) is 2.81. The van der Waals surface area contributed by atoms with Crippen LogP contribution in [0.3, 0.4) is 0 Å². The molecule has 0 saturated heterocycles. The maximum Gasteiger partial charge on any atom is 0.260 e. The summed E-state index contributed by atoms with van der Waals surface area (Å²) in [6.45, 7) is 2.61. The molecule has 0 aliphatic heterocycles. The fourth-order valence-electron chi connectivity index (χ4n) is 1.27. The number of amides is 1. The van der Waals surface area contributed by atoms with Crippen LogP contribution < -0.4 is 15.8 Å². The van der Waals surface area contributed by atoms with Gasteiger partial charge in [-0.25, -0.2) is 4.39 Å². The number of nitrogens with two attached hydrogens (primary N) is 1. The Morgan fingerprint density at radius 1 is 1.61 bits per heavy atom. The minimum atomic E-state index is -0.703. The second-order valence-corrected chi connectivity index (χ2v) is 4.18. The van der Waals surface area contributed by atoms with Crippen molar-refractivity contribution in [2.24, 2.45) is 5.73 Å². The molecular weight excluding hydrogens is 259 g/mol. The molecule has 0 aromatic heterocycles. The highest BCUT2D eigenvalue weighted by atomic mass is 35.5. The van der Waals surface area contributed by atoms with Crippen molar-refractivity contribution in [3.8, 4) is 5.75 Å². The van der Waals surface area contributed by atoms with Crippen molar-refractivity contribution in [2.45, 2.75) is 19.4 Å². The quantitative estimate of drug-likeness (QED) is 0.776. The van der Waals surface area contributed by atoms with Crippen LogP contribution >= 0.6 is 11.6 Å². The molecule has 0 radical (unpaired) electrons. The summed E-state index contributed by atoms with van der Waals surface area (Å²) in [6.07, 6.45) is 0.00111. The van der Waals surface area contributed by atoms with Crippen molar-refractivity contribution in [1.82, 2.24) is 5.32 Å². The first-order valence-corrected chi connectivity index (χ1v) is 6.02. The molecule has 0 bridgehead atoms. The highest BCUT2D eigenvalue weighted by Crippen LogP contribution is 2.25. The van der Waals surface area contributed by atoms with Gasteiger partial charge in [0.15, 0.2) is 6.10 Å². The normalized spacial score (nSPS) is 12.0. The number of hydrogen-bond acceptors (Lipinski definition) is 3. The lowest BCUT2D eigenvalue weighted by molar-refractivity contribution is -0.127. The number of nitrogens with one attached hydrogen (secondary N) is 1. The van der Waals surface area contributed by atoms with E-state index in [9.17, 15) is 9.18 Å². The van der Waals surface area contributed by atoms with E-state index >= 15 is 0 Å². The predicted molar refractivity (Wildman–Crippen MR) is 68.2 cm³/mol. The summed E-state index contributed by atoms with van der Waals surface area (Å²) in [4.78, 5) is 11.6. The van der Waals surface area contributed by atoms with Gasteiger partial charge in [0.1, 0.15) is 11.6 Å². The Labute approximate surface area is 110 Å². The highest BCUT2D eigenvalue weighted by Gasteiger charge is 2.15. The lowest BCUT2D eigenvalue weighted by Crippen LogP contribution is -2.37. The van der Waals surface area contributed by atoms with Gasteiger partial charge in [-0.1, -0.05) is 11.6 Å². The van der Waals surface area contributed by atoms with E-state index in [0.29, 0.717) is 19.5 Å². The summed E-state index contributed by atoms with van der Waals surface area (Å²) < 4.78 is 18.2. The topological polar surface area (TPSA) is 64.3 Å². The number of ether oxygens (including phenoxy) is 1. The standard InChI is InChI=1S/C12H16ClFN2O2/c1-8(12(17)16-6-2-5-15)18-11-4-3-9(14)7-10(11)13/h3-4,7-8H,2,5-6,15H2,1H3,(H,16,17). The van der Waals surface area contributed by atoms with E-state index in [-0.39, 0.29) is 16.7 Å². The maximum atomic E-state index is 12.8. The van der Waals surface area contributed by atoms with Crippen LogP contribution in [-0.2, 0) is 4.79 Å². The fourth-order valence-corrected chi connectivity index (χ4v) is 1.48. The highest BCUT2D eigenvalue weighted by molar-refractivity contribution is 6.32. The summed E-state index contributed by atoms with van der Waals surface area (Å²) in [5.41, 5.74) is 5.31. The van der Waals surface area contributed by atoms with Gasteiger partial charge in [-0.2, -0.15) is 0 Å². The molecule has 1 unspecified atom stereocenters. The second kappa shape index (κ2) is 7.18. The molecule has 1 atom stereocenters. The Kier molecular flexibility index (Phi) is 5.88. The Morgan fingerprint density at radius 3 is 2.94 bits per heavy atom. The minimum Gasteiger partial charge on any atom is -0.479 e. The molecule has 0 spiro atoms. The van der Waals surface area contributed by atoms with Crippen molar-refractivity contribution in [3.63, 3.8) is 0 Å². The van der Waals surface area contributed by atoms with Crippen LogP contribution in [0.15, 0.2) is 18.2 Å². The van der Waals surface area contributed by atoms with Gasteiger partial charge < -0.3 is 15.8 Å². The molecule has 6 heteroatoms. The number of carbonyl (C=O) groups excluding carboxylic acids is 1. The minimum absolute atomic E-state index is 0.136. The van der Waals surface area contributed by atoms with E-state index < -0.39 is 11.9 Å². The van der Waals surface area contributed by atoms with Crippen LogP contribution in [0.25, 0.3) is 0 Å². The molecule has 0 saturated carbocycles. The maximum absolute atomic E-state index is 12.8. The Hall–Kier alpha value is -1.33. The first-order valence-electron chi connectivity index (χ1n) is 5.64. The number of benzene rings is 1. The summed E-state index contributed by atoms with van der Waals surface area (Å²) >= 11 is 5.79. The van der Waals surface area contributed by atoms with Crippen LogP contribution in [0.5, 0.6) is 5.75 Å². The Morgan fingerprint density at radius 2 is 2.33 bits per heavy atom. The smallest absolute Gasteiger partial charge is 0.260 e. The number of carbonyl (C=O) groups is 1. The van der Waals surface area contributed by atoms with Crippen LogP contribution in [0.2, 0.25) is 5.02 Å². The van der Waals surface area contributed by atoms with Crippen molar-refractivity contribution < 1.29 is 13.9 Å². The molecule has 18 heavy (non-hydrogen) atoms. The van der Waals surface area contributed by atoms with Gasteiger partial charge >= 0.3 is 0 Å². The molecule has 1 aromatic carbocycles. The lowest BCUT2D eigenvalue weighted by atomic mass is 10.3. The van der Waals surface area contributed by atoms with E-state index in [4.69, 9.17) is 22.1 Å². The molecular formula is C12H16ClFN2O2. The van der Waals surface area contributed by atoms with E-state index in [1.54, 1.807) is 6.92 Å². The monoisotopic (exact) mass is 274 g/mol. The molecule has 4 nitrogen and oxygen atoms in total. The number of rotatable bonds is 6.